The van der Waals surface area contributed by atoms with E-state index in [4.69, 9.17) is 0 Å². The minimum Gasteiger partial charge on any atom is -0.394 e. The highest BCUT2D eigenvalue weighted by molar-refractivity contribution is 5.77. The van der Waals surface area contributed by atoms with Crippen LogP contribution in [-0.2, 0) is 11.2 Å². The molecule has 0 spiro atoms. The van der Waals surface area contributed by atoms with Crippen molar-refractivity contribution in [3.63, 3.8) is 0 Å². The van der Waals surface area contributed by atoms with Crippen molar-refractivity contribution in [2.24, 2.45) is 0 Å². The highest BCUT2D eigenvalue weighted by Gasteiger charge is 2.26. The van der Waals surface area contributed by atoms with E-state index in [0.29, 0.717) is 6.42 Å². The number of rotatable bonds is 5. The molecule has 0 saturated heterocycles. The summed E-state index contributed by atoms with van der Waals surface area (Å²) >= 11 is 0. The maximum atomic E-state index is 12.0. The molecule has 1 rings (SSSR count). The normalized spacial score (nSPS) is 11.4. The monoisotopic (exact) mass is 249 g/mol. The molecule has 3 heteroatoms. The van der Waals surface area contributed by atoms with E-state index >= 15 is 0 Å². The first-order chi connectivity index (χ1) is 8.36. The van der Waals surface area contributed by atoms with Crippen molar-refractivity contribution in [2.45, 2.75) is 39.2 Å². The molecule has 0 aliphatic heterocycles. The van der Waals surface area contributed by atoms with Crippen LogP contribution in [0, 0.1) is 6.92 Å². The molecule has 0 aliphatic carbocycles. The van der Waals surface area contributed by atoms with Crippen LogP contribution in [0.2, 0.25) is 0 Å². The van der Waals surface area contributed by atoms with Gasteiger partial charge < -0.3 is 10.0 Å². The number of carbonyl (C=O) groups is 1. The van der Waals surface area contributed by atoms with Gasteiger partial charge in [-0.1, -0.05) is 29.8 Å². The van der Waals surface area contributed by atoms with E-state index in [1.54, 1.807) is 11.9 Å². The SMILES string of the molecule is Cc1cccc(CCC(=O)N(C)C(C)(C)CO)c1. The van der Waals surface area contributed by atoms with Crippen molar-refractivity contribution >= 4 is 5.91 Å². The molecule has 0 saturated carbocycles. The molecule has 1 aromatic rings. The molecule has 1 amide bonds. The topological polar surface area (TPSA) is 40.5 Å². The van der Waals surface area contributed by atoms with Gasteiger partial charge in [0.1, 0.15) is 0 Å². The third-order valence-corrected chi connectivity index (χ3v) is 3.38. The average molecular weight is 249 g/mol. The van der Waals surface area contributed by atoms with E-state index in [1.807, 2.05) is 39.0 Å². The first kappa shape index (κ1) is 14.7. The lowest BCUT2D eigenvalue weighted by molar-refractivity contribution is -0.135. The summed E-state index contributed by atoms with van der Waals surface area (Å²) in [7, 11) is 1.74. The summed E-state index contributed by atoms with van der Waals surface area (Å²) in [5.74, 6) is 0.0653. The van der Waals surface area contributed by atoms with Gasteiger partial charge >= 0.3 is 0 Å². The predicted octanol–water partition coefficient (Wildman–Crippen LogP) is 2.16. The van der Waals surface area contributed by atoms with Crippen molar-refractivity contribution in [3.8, 4) is 0 Å². The molecular formula is C15H23NO2. The fourth-order valence-corrected chi connectivity index (χ4v) is 1.73. The number of aliphatic hydroxyl groups excluding tert-OH is 1. The van der Waals surface area contributed by atoms with Crippen molar-refractivity contribution in [3.05, 3.63) is 35.4 Å². The second-order valence-corrected chi connectivity index (χ2v) is 5.41. The molecule has 100 valence electrons. The van der Waals surface area contributed by atoms with Crippen LogP contribution in [0.15, 0.2) is 24.3 Å². The Morgan fingerprint density at radius 3 is 2.61 bits per heavy atom. The second-order valence-electron chi connectivity index (χ2n) is 5.41. The van der Waals surface area contributed by atoms with Crippen molar-refractivity contribution < 1.29 is 9.90 Å². The van der Waals surface area contributed by atoms with Crippen LogP contribution in [0.5, 0.6) is 0 Å². The molecule has 0 aliphatic rings. The van der Waals surface area contributed by atoms with E-state index < -0.39 is 5.54 Å². The van der Waals surface area contributed by atoms with Crippen LogP contribution in [0.3, 0.4) is 0 Å². The standard InChI is InChI=1S/C15H23NO2/c1-12-6-5-7-13(10-12)8-9-14(18)16(4)15(2,3)11-17/h5-7,10,17H,8-9,11H2,1-4H3. The maximum absolute atomic E-state index is 12.0. The van der Waals surface area contributed by atoms with Gasteiger partial charge in [-0.05, 0) is 32.8 Å². The van der Waals surface area contributed by atoms with Gasteiger partial charge in [0.25, 0.3) is 0 Å². The van der Waals surface area contributed by atoms with Crippen LogP contribution >= 0.6 is 0 Å². The Morgan fingerprint density at radius 2 is 2.06 bits per heavy atom. The van der Waals surface area contributed by atoms with Crippen molar-refractivity contribution in [2.75, 3.05) is 13.7 Å². The quantitative estimate of drug-likeness (QED) is 0.868. The van der Waals surface area contributed by atoms with E-state index in [0.717, 1.165) is 6.42 Å². The van der Waals surface area contributed by atoms with Gasteiger partial charge in [0.2, 0.25) is 5.91 Å². The van der Waals surface area contributed by atoms with E-state index in [2.05, 4.69) is 6.07 Å². The third-order valence-electron chi connectivity index (χ3n) is 3.38. The van der Waals surface area contributed by atoms with Gasteiger partial charge in [0, 0.05) is 13.5 Å². The number of amides is 1. The molecule has 18 heavy (non-hydrogen) atoms. The number of carbonyl (C=O) groups excluding carboxylic acids is 1. The summed E-state index contributed by atoms with van der Waals surface area (Å²) < 4.78 is 0. The highest BCUT2D eigenvalue weighted by atomic mass is 16.3. The zero-order valence-corrected chi connectivity index (χ0v) is 11.7. The Bertz CT molecular complexity index is 413. The van der Waals surface area contributed by atoms with Crippen molar-refractivity contribution in [1.82, 2.24) is 4.90 Å². The zero-order chi connectivity index (χ0) is 13.8. The predicted molar refractivity (Wildman–Crippen MR) is 73.4 cm³/mol. The average Bonchev–Trinajstić information content (AvgIpc) is 2.35. The molecule has 0 heterocycles. The number of aliphatic hydroxyl groups is 1. The summed E-state index contributed by atoms with van der Waals surface area (Å²) in [6, 6.07) is 8.20. The van der Waals surface area contributed by atoms with Gasteiger partial charge in [-0.3, -0.25) is 4.79 Å². The zero-order valence-electron chi connectivity index (χ0n) is 11.7. The number of aryl methyl sites for hydroxylation is 2. The molecule has 1 N–H and O–H groups in total. The number of hydrogen-bond donors (Lipinski definition) is 1. The van der Waals surface area contributed by atoms with Crippen LogP contribution in [0.1, 0.15) is 31.4 Å². The smallest absolute Gasteiger partial charge is 0.223 e. The Morgan fingerprint density at radius 1 is 1.39 bits per heavy atom. The summed E-state index contributed by atoms with van der Waals surface area (Å²) in [6.45, 7) is 5.74. The molecule has 0 aromatic heterocycles. The summed E-state index contributed by atoms with van der Waals surface area (Å²) in [5, 5.41) is 9.24. The molecule has 3 nitrogen and oxygen atoms in total. The lowest BCUT2D eigenvalue weighted by Crippen LogP contribution is -2.47. The minimum atomic E-state index is -0.496. The van der Waals surface area contributed by atoms with E-state index in [9.17, 15) is 9.90 Å². The van der Waals surface area contributed by atoms with Crippen LogP contribution in [0.25, 0.3) is 0 Å². The Hall–Kier alpha value is -1.35. The molecule has 0 radical (unpaired) electrons. The van der Waals surface area contributed by atoms with E-state index in [1.165, 1.54) is 11.1 Å². The van der Waals surface area contributed by atoms with Crippen molar-refractivity contribution in [1.29, 1.82) is 0 Å². The fourth-order valence-electron chi connectivity index (χ4n) is 1.73. The molecule has 1 aromatic carbocycles. The number of benzene rings is 1. The molecule has 0 atom stereocenters. The first-order valence-corrected chi connectivity index (χ1v) is 6.30. The molecule has 0 bridgehead atoms. The minimum absolute atomic E-state index is 0.0281. The number of nitrogens with zero attached hydrogens (tertiary/aromatic N) is 1. The Labute approximate surface area is 109 Å². The van der Waals surface area contributed by atoms with Crippen LogP contribution < -0.4 is 0 Å². The second kappa shape index (κ2) is 6.01. The van der Waals surface area contributed by atoms with Gasteiger partial charge in [-0.15, -0.1) is 0 Å². The summed E-state index contributed by atoms with van der Waals surface area (Å²) in [5.41, 5.74) is 1.89. The highest BCUT2D eigenvalue weighted by Crippen LogP contribution is 2.14. The third kappa shape index (κ3) is 3.84. The fraction of sp³-hybridized carbons (Fsp3) is 0.533. The number of hydrogen-bond acceptors (Lipinski definition) is 2. The summed E-state index contributed by atoms with van der Waals surface area (Å²) in [4.78, 5) is 13.6. The van der Waals surface area contributed by atoms with Gasteiger partial charge in [-0.25, -0.2) is 0 Å². The molecular weight excluding hydrogens is 226 g/mol. The largest absolute Gasteiger partial charge is 0.394 e. The molecule has 0 unspecified atom stereocenters. The Kier molecular flexibility index (Phi) is 4.91. The van der Waals surface area contributed by atoms with Gasteiger partial charge in [0.05, 0.1) is 12.1 Å². The first-order valence-electron chi connectivity index (χ1n) is 6.30. The lowest BCUT2D eigenvalue weighted by atomic mass is 10.0. The Balaban J connectivity index is 2.56. The maximum Gasteiger partial charge on any atom is 0.223 e. The molecule has 0 fully saturated rings. The van der Waals surface area contributed by atoms with Gasteiger partial charge in [0.15, 0.2) is 0 Å². The summed E-state index contributed by atoms with van der Waals surface area (Å²) in [6.07, 6.45) is 1.22. The van der Waals surface area contributed by atoms with E-state index in [-0.39, 0.29) is 12.5 Å². The van der Waals surface area contributed by atoms with Crippen LogP contribution in [-0.4, -0.2) is 35.1 Å². The van der Waals surface area contributed by atoms with Crippen LogP contribution in [0.4, 0.5) is 0 Å². The lowest BCUT2D eigenvalue weighted by Gasteiger charge is -2.34. The van der Waals surface area contributed by atoms with Gasteiger partial charge in [-0.2, -0.15) is 0 Å². The number of likely N-dealkylation sites (N-methyl/N-ethyl adjacent to an activating group) is 1.